The lowest BCUT2D eigenvalue weighted by atomic mass is 10.4. The van der Waals surface area contributed by atoms with Gasteiger partial charge in [-0.15, -0.1) is 0 Å². The van der Waals surface area contributed by atoms with Crippen molar-refractivity contribution in [3.8, 4) is 0 Å². The van der Waals surface area contributed by atoms with E-state index in [1.807, 2.05) is 24.9 Å². The molecular formula is C7H12N2S. The molecule has 1 aromatic rings. The summed E-state index contributed by atoms with van der Waals surface area (Å²) in [5, 5.41) is 0. The van der Waals surface area contributed by atoms with Crippen LogP contribution >= 0.6 is 11.8 Å². The number of aromatic amines is 1. The highest BCUT2D eigenvalue weighted by Gasteiger charge is 1.93. The second-order valence-electron chi connectivity index (χ2n) is 2.24. The molecule has 0 amide bonds. The Kier molecular flexibility index (Phi) is 2.81. The molecule has 0 unspecified atom stereocenters. The Morgan fingerprint density at radius 3 is 3.00 bits per heavy atom. The SMILES string of the molecule is CSCCc1cnc(C)[nH]1. The van der Waals surface area contributed by atoms with Gasteiger partial charge in [-0.3, -0.25) is 0 Å². The standard InChI is InChI=1S/C7H12N2S/c1-6-8-5-7(9-6)3-4-10-2/h5H,3-4H2,1-2H3,(H,8,9). The zero-order valence-electron chi connectivity index (χ0n) is 6.35. The van der Waals surface area contributed by atoms with Crippen molar-refractivity contribution in [2.45, 2.75) is 13.3 Å². The van der Waals surface area contributed by atoms with Crippen molar-refractivity contribution in [2.75, 3.05) is 12.0 Å². The summed E-state index contributed by atoms with van der Waals surface area (Å²) in [5.74, 6) is 2.18. The van der Waals surface area contributed by atoms with Crippen LogP contribution in [0.3, 0.4) is 0 Å². The number of H-pyrrole nitrogens is 1. The molecule has 0 saturated carbocycles. The van der Waals surface area contributed by atoms with E-state index < -0.39 is 0 Å². The molecule has 2 nitrogen and oxygen atoms in total. The summed E-state index contributed by atoms with van der Waals surface area (Å²) in [6, 6.07) is 0. The first-order valence-electron chi connectivity index (χ1n) is 3.32. The lowest BCUT2D eigenvalue weighted by Crippen LogP contribution is -1.87. The van der Waals surface area contributed by atoms with Gasteiger partial charge in [0.05, 0.1) is 0 Å². The third kappa shape index (κ3) is 2.06. The summed E-state index contributed by atoms with van der Waals surface area (Å²) in [5.41, 5.74) is 1.24. The maximum atomic E-state index is 4.10. The normalized spacial score (nSPS) is 10.2. The average molecular weight is 156 g/mol. The van der Waals surface area contributed by atoms with Crippen LogP contribution in [-0.2, 0) is 6.42 Å². The largest absolute Gasteiger partial charge is 0.346 e. The predicted octanol–water partition coefficient (Wildman–Crippen LogP) is 1.62. The minimum Gasteiger partial charge on any atom is -0.346 e. The second kappa shape index (κ2) is 3.66. The Morgan fingerprint density at radius 2 is 2.50 bits per heavy atom. The van der Waals surface area contributed by atoms with Crippen molar-refractivity contribution in [1.29, 1.82) is 0 Å². The molecule has 0 bridgehead atoms. The van der Waals surface area contributed by atoms with E-state index in [0.717, 1.165) is 12.2 Å². The highest BCUT2D eigenvalue weighted by molar-refractivity contribution is 7.98. The van der Waals surface area contributed by atoms with E-state index in [0.29, 0.717) is 0 Å². The van der Waals surface area contributed by atoms with E-state index in [2.05, 4.69) is 16.2 Å². The molecule has 0 fully saturated rings. The predicted molar refractivity (Wildman–Crippen MR) is 45.4 cm³/mol. The van der Waals surface area contributed by atoms with E-state index in [9.17, 15) is 0 Å². The lowest BCUT2D eigenvalue weighted by molar-refractivity contribution is 1.05. The van der Waals surface area contributed by atoms with E-state index >= 15 is 0 Å². The molecule has 1 rings (SSSR count). The summed E-state index contributed by atoms with van der Waals surface area (Å²) in [4.78, 5) is 7.29. The fourth-order valence-corrected chi connectivity index (χ4v) is 1.23. The summed E-state index contributed by atoms with van der Waals surface area (Å²) in [6.45, 7) is 1.97. The lowest BCUT2D eigenvalue weighted by Gasteiger charge is -1.91. The third-order valence-electron chi connectivity index (χ3n) is 1.33. The van der Waals surface area contributed by atoms with Gasteiger partial charge in [-0.25, -0.2) is 4.98 Å². The molecule has 1 heterocycles. The van der Waals surface area contributed by atoms with Crippen LogP contribution in [-0.4, -0.2) is 22.0 Å². The number of hydrogen-bond donors (Lipinski definition) is 1. The Hall–Kier alpha value is -0.440. The van der Waals surface area contributed by atoms with Gasteiger partial charge in [-0.2, -0.15) is 11.8 Å². The van der Waals surface area contributed by atoms with Crippen molar-refractivity contribution in [1.82, 2.24) is 9.97 Å². The first-order chi connectivity index (χ1) is 4.83. The number of thioether (sulfide) groups is 1. The number of hydrogen-bond acceptors (Lipinski definition) is 2. The van der Waals surface area contributed by atoms with Gasteiger partial charge in [0.25, 0.3) is 0 Å². The van der Waals surface area contributed by atoms with E-state index in [4.69, 9.17) is 0 Å². The Labute approximate surface area is 65.4 Å². The van der Waals surface area contributed by atoms with Crippen molar-refractivity contribution >= 4 is 11.8 Å². The monoisotopic (exact) mass is 156 g/mol. The molecule has 0 aliphatic carbocycles. The quantitative estimate of drug-likeness (QED) is 0.720. The molecule has 0 atom stereocenters. The molecule has 0 aliphatic heterocycles. The summed E-state index contributed by atoms with van der Waals surface area (Å²) in [7, 11) is 0. The molecule has 0 aliphatic rings. The molecule has 10 heavy (non-hydrogen) atoms. The zero-order chi connectivity index (χ0) is 7.40. The van der Waals surface area contributed by atoms with Gasteiger partial charge in [-0.05, 0) is 25.4 Å². The van der Waals surface area contributed by atoms with Crippen LogP contribution in [0.1, 0.15) is 11.5 Å². The van der Waals surface area contributed by atoms with Gasteiger partial charge < -0.3 is 4.98 Å². The highest BCUT2D eigenvalue weighted by atomic mass is 32.2. The number of aromatic nitrogens is 2. The molecule has 3 heteroatoms. The second-order valence-corrected chi connectivity index (χ2v) is 3.22. The van der Waals surface area contributed by atoms with Crippen LogP contribution < -0.4 is 0 Å². The van der Waals surface area contributed by atoms with Gasteiger partial charge in [0, 0.05) is 11.9 Å². The summed E-state index contributed by atoms with van der Waals surface area (Å²) < 4.78 is 0. The van der Waals surface area contributed by atoms with Crippen LogP contribution in [0.4, 0.5) is 0 Å². The fraction of sp³-hybridized carbons (Fsp3) is 0.571. The average Bonchev–Trinajstić information content (AvgIpc) is 2.31. The molecule has 0 saturated heterocycles. The third-order valence-corrected chi connectivity index (χ3v) is 1.94. The van der Waals surface area contributed by atoms with Crippen molar-refractivity contribution in [2.24, 2.45) is 0 Å². The molecular weight excluding hydrogens is 144 g/mol. The van der Waals surface area contributed by atoms with Crippen LogP contribution in [0.5, 0.6) is 0 Å². The zero-order valence-corrected chi connectivity index (χ0v) is 7.16. The Balaban J connectivity index is 2.42. The van der Waals surface area contributed by atoms with Gasteiger partial charge in [-0.1, -0.05) is 0 Å². The van der Waals surface area contributed by atoms with Crippen LogP contribution in [0, 0.1) is 6.92 Å². The first-order valence-corrected chi connectivity index (χ1v) is 4.71. The smallest absolute Gasteiger partial charge is 0.103 e. The summed E-state index contributed by atoms with van der Waals surface area (Å²) in [6.07, 6.45) is 5.12. The minimum atomic E-state index is 1.01. The number of aryl methyl sites for hydroxylation is 2. The van der Waals surface area contributed by atoms with Gasteiger partial charge in [0.1, 0.15) is 5.82 Å². The Bertz CT molecular complexity index is 195. The minimum absolute atomic E-state index is 1.01. The number of imidazole rings is 1. The maximum Gasteiger partial charge on any atom is 0.103 e. The highest BCUT2D eigenvalue weighted by Crippen LogP contribution is 2.01. The van der Waals surface area contributed by atoms with Gasteiger partial charge in [0.15, 0.2) is 0 Å². The Morgan fingerprint density at radius 1 is 1.70 bits per heavy atom. The maximum absolute atomic E-state index is 4.10. The first kappa shape index (κ1) is 7.66. The molecule has 0 spiro atoms. The van der Waals surface area contributed by atoms with Gasteiger partial charge in [0.2, 0.25) is 0 Å². The topological polar surface area (TPSA) is 28.7 Å². The number of rotatable bonds is 3. The summed E-state index contributed by atoms with van der Waals surface area (Å²) >= 11 is 1.86. The molecule has 56 valence electrons. The molecule has 0 aromatic carbocycles. The molecule has 0 radical (unpaired) electrons. The van der Waals surface area contributed by atoms with Crippen molar-refractivity contribution < 1.29 is 0 Å². The van der Waals surface area contributed by atoms with Crippen LogP contribution in [0.25, 0.3) is 0 Å². The molecule has 1 aromatic heterocycles. The van der Waals surface area contributed by atoms with E-state index in [1.54, 1.807) is 0 Å². The van der Waals surface area contributed by atoms with Crippen molar-refractivity contribution in [3.05, 3.63) is 17.7 Å². The van der Waals surface area contributed by atoms with Gasteiger partial charge >= 0.3 is 0 Å². The van der Waals surface area contributed by atoms with E-state index in [-0.39, 0.29) is 0 Å². The van der Waals surface area contributed by atoms with Crippen molar-refractivity contribution in [3.63, 3.8) is 0 Å². The fourth-order valence-electron chi connectivity index (χ4n) is 0.811. The van der Waals surface area contributed by atoms with Crippen LogP contribution in [0.15, 0.2) is 6.20 Å². The number of nitrogens with one attached hydrogen (secondary N) is 1. The van der Waals surface area contributed by atoms with Crippen LogP contribution in [0.2, 0.25) is 0 Å². The molecule has 1 N–H and O–H groups in total. The van der Waals surface area contributed by atoms with E-state index in [1.165, 1.54) is 11.4 Å². The number of nitrogens with zero attached hydrogens (tertiary/aromatic N) is 1.